The molecule has 1 aromatic heterocycles. The molecule has 1 aliphatic heterocycles. The lowest BCUT2D eigenvalue weighted by atomic mass is 10.3. The molecule has 21 heavy (non-hydrogen) atoms. The number of nitrogens with zero attached hydrogens (tertiary/aromatic N) is 3. The second kappa shape index (κ2) is 7.07. The van der Waals surface area contributed by atoms with Gasteiger partial charge in [-0.1, -0.05) is 0 Å². The minimum Gasteiger partial charge on any atom is -0.480 e. The molecular formula is C13H21N5O3. The van der Waals surface area contributed by atoms with Crippen molar-refractivity contribution in [1.82, 2.24) is 20.0 Å². The topological polar surface area (TPSA) is 99.5 Å². The maximum atomic E-state index is 11.8. The van der Waals surface area contributed by atoms with Gasteiger partial charge in [-0.25, -0.2) is 4.79 Å². The number of carboxylic acid groups (broad SMARTS) is 1. The van der Waals surface area contributed by atoms with Crippen molar-refractivity contribution in [2.75, 3.05) is 25.0 Å². The first-order valence-electron chi connectivity index (χ1n) is 7.08. The number of aromatic nitrogens is 2. The zero-order valence-electron chi connectivity index (χ0n) is 12.1. The molecule has 1 atom stereocenters. The molecule has 0 radical (unpaired) electrons. The van der Waals surface area contributed by atoms with Crippen LogP contribution in [-0.2, 0) is 11.3 Å². The average molecular weight is 295 g/mol. The van der Waals surface area contributed by atoms with Gasteiger partial charge in [0, 0.05) is 18.8 Å². The van der Waals surface area contributed by atoms with E-state index in [-0.39, 0.29) is 12.6 Å². The summed E-state index contributed by atoms with van der Waals surface area (Å²) in [6, 6.07) is 0.00362. The fourth-order valence-corrected chi connectivity index (χ4v) is 2.38. The van der Waals surface area contributed by atoms with E-state index in [4.69, 9.17) is 5.11 Å². The predicted molar refractivity (Wildman–Crippen MR) is 77.2 cm³/mol. The van der Waals surface area contributed by atoms with Crippen LogP contribution in [0.25, 0.3) is 0 Å². The highest BCUT2D eigenvalue weighted by molar-refractivity contribution is 5.88. The van der Waals surface area contributed by atoms with E-state index >= 15 is 0 Å². The largest absolute Gasteiger partial charge is 0.480 e. The van der Waals surface area contributed by atoms with Crippen molar-refractivity contribution in [2.24, 2.45) is 0 Å². The number of hydrogen-bond acceptors (Lipinski definition) is 4. The molecule has 0 saturated carbocycles. The van der Waals surface area contributed by atoms with E-state index in [9.17, 15) is 9.59 Å². The standard InChI is InChI=1S/C13H21N5O3/c1-10(17-4-2-3-5-17)6-14-13(21)16-11-7-15-18(8-11)9-12(19)20/h7-8,10H,2-6,9H2,1H3,(H,19,20)(H2,14,16,21). The lowest BCUT2D eigenvalue weighted by molar-refractivity contribution is -0.137. The van der Waals surface area contributed by atoms with Gasteiger partial charge in [-0.05, 0) is 32.9 Å². The second-order valence-electron chi connectivity index (χ2n) is 5.25. The van der Waals surface area contributed by atoms with Crippen LogP contribution in [0.2, 0.25) is 0 Å². The summed E-state index contributed by atoms with van der Waals surface area (Å²) in [7, 11) is 0. The third-order valence-electron chi connectivity index (χ3n) is 3.51. The fourth-order valence-electron chi connectivity index (χ4n) is 2.38. The minimum atomic E-state index is -0.978. The van der Waals surface area contributed by atoms with Gasteiger partial charge in [-0.3, -0.25) is 14.4 Å². The lowest BCUT2D eigenvalue weighted by Crippen LogP contribution is -2.42. The first-order valence-corrected chi connectivity index (χ1v) is 7.08. The van der Waals surface area contributed by atoms with Crippen LogP contribution in [0.3, 0.4) is 0 Å². The molecule has 1 saturated heterocycles. The molecule has 1 aliphatic rings. The van der Waals surface area contributed by atoms with E-state index in [0.29, 0.717) is 18.3 Å². The molecule has 0 bridgehead atoms. The van der Waals surface area contributed by atoms with Gasteiger partial charge in [0.05, 0.1) is 11.9 Å². The van der Waals surface area contributed by atoms with Crippen LogP contribution in [0.4, 0.5) is 10.5 Å². The van der Waals surface area contributed by atoms with Gasteiger partial charge in [0.1, 0.15) is 6.54 Å². The Kier molecular flexibility index (Phi) is 5.15. The molecule has 0 aliphatic carbocycles. The van der Waals surface area contributed by atoms with E-state index in [1.54, 1.807) is 0 Å². The number of likely N-dealkylation sites (tertiary alicyclic amines) is 1. The smallest absolute Gasteiger partial charge is 0.325 e. The number of carbonyl (C=O) groups excluding carboxylic acids is 1. The van der Waals surface area contributed by atoms with Gasteiger partial charge < -0.3 is 15.7 Å². The number of anilines is 1. The average Bonchev–Trinajstić information content (AvgIpc) is 3.07. The summed E-state index contributed by atoms with van der Waals surface area (Å²) in [5.74, 6) is -0.978. The highest BCUT2D eigenvalue weighted by atomic mass is 16.4. The summed E-state index contributed by atoms with van der Waals surface area (Å²) >= 11 is 0. The van der Waals surface area contributed by atoms with Crippen molar-refractivity contribution in [3.63, 3.8) is 0 Å². The Bertz CT molecular complexity index is 496. The zero-order valence-corrected chi connectivity index (χ0v) is 12.1. The monoisotopic (exact) mass is 295 g/mol. The van der Waals surface area contributed by atoms with Crippen molar-refractivity contribution >= 4 is 17.7 Å². The van der Waals surface area contributed by atoms with Crippen LogP contribution >= 0.6 is 0 Å². The SMILES string of the molecule is CC(CNC(=O)Nc1cnn(CC(=O)O)c1)N1CCCC1. The van der Waals surface area contributed by atoms with E-state index in [1.165, 1.54) is 29.9 Å². The van der Waals surface area contributed by atoms with Crippen LogP contribution in [0, 0.1) is 0 Å². The number of hydrogen-bond donors (Lipinski definition) is 3. The Labute approximate surface area is 123 Å². The molecule has 2 rings (SSSR count). The summed E-state index contributed by atoms with van der Waals surface area (Å²) in [5.41, 5.74) is 0.475. The van der Waals surface area contributed by atoms with Crippen LogP contribution in [0.5, 0.6) is 0 Å². The molecule has 116 valence electrons. The molecule has 8 nitrogen and oxygen atoms in total. The maximum absolute atomic E-state index is 11.8. The number of urea groups is 1. The number of rotatable bonds is 6. The second-order valence-corrected chi connectivity index (χ2v) is 5.25. The first kappa shape index (κ1) is 15.3. The Morgan fingerprint density at radius 2 is 2.14 bits per heavy atom. The molecule has 2 amide bonds. The summed E-state index contributed by atoms with van der Waals surface area (Å²) in [4.78, 5) is 24.7. The summed E-state index contributed by atoms with van der Waals surface area (Å²) in [6.07, 6.45) is 5.35. The summed E-state index contributed by atoms with van der Waals surface area (Å²) < 4.78 is 1.25. The van der Waals surface area contributed by atoms with E-state index in [2.05, 4.69) is 27.6 Å². The first-order chi connectivity index (χ1) is 10.0. The molecular weight excluding hydrogens is 274 g/mol. The normalized spacial score (nSPS) is 16.6. The van der Waals surface area contributed by atoms with Crippen LogP contribution in [-0.4, -0.2) is 57.5 Å². The fraction of sp³-hybridized carbons (Fsp3) is 0.615. The number of carbonyl (C=O) groups is 2. The third kappa shape index (κ3) is 4.75. The maximum Gasteiger partial charge on any atom is 0.325 e. The van der Waals surface area contributed by atoms with E-state index in [0.717, 1.165) is 13.1 Å². The lowest BCUT2D eigenvalue weighted by Gasteiger charge is -2.23. The van der Waals surface area contributed by atoms with Crippen molar-refractivity contribution in [3.8, 4) is 0 Å². The van der Waals surface area contributed by atoms with Crippen molar-refractivity contribution in [3.05, 3.63) is 12.4 Å². The van der Waals surface area contributed by atoms with Crippen LogP contribution in [0.1, 0.15) is 19.8 Å². The third-order valence-corrected chi connectivity index (χ3v) is 3.51. The van der Waals surface area contributed by atoms with E-state index in [1.807, 2.05) is 0 Å². The molecule has 1 aromatic rings. The van der Waals surface area contributed by atoms with Crippen molar-refractivity contribution in [1.29, 1.82) is 0 Å². The Balaban J connectivity index is 1.73. The molecule has 0 aromatic carbocycles. The molecule has 8 heteroatoms. The predicted octanol–water partition coefficient (Wildman–Crippen LogP) is 0.573. The minimum absolute atomic E-state index is 0.227. The van der Waals surface area contributed by atoms with Gasteiger partial charge in [0.2, 0.25) is 0 Å². The summed E-state index contributed by atoms with van der Waals surface area (Å²) in [6.45, 7) is 4.62. The Morgan fingerprint density at radius 3 is 2.81 bits per heavy atom. The van der Waals surface area contributed by atoms with Gasteiger partial charge in [0.25, 0.3) is 0 Å². The van der Waals surface area contributed by atoms with Gasteiger partial charge in [0.15, 0.2) is 0 Å². The highest BCUT2D eigenvalue weighted by Gasteiger charge is 2.18. The molecule has 3 N–H and O–H groups in total. The van der Waals surface area contributed by atoms with E-state index < -0.39 is 5.97 Å². The molecule has 0 spiro atoms. The number of carboxylic acids is 1. The molecule has 1 unspecified atom stereocenters. The van der Waals surface area contributed by atoms with Gasteiger partial charge in [-0.2, -0.15) is 5.10 Å². The summed E-state index contributed by atoms with van der Waals surface area (Å²) in [5, 5.41) is 17.9. The molecule has 1 fully saturated rings. The van der Waals surface area contributed by atoms with Crippen LogP contribution in [0.15, 0.2) is 12.4 Å². The number of amides is 2. The Morgan fingerprint density at radius 1 is 1.43 bits per heavy atom. The van der Waals surface area contributed by atoms with Gasteiger partial charge >= 0.3 is 12.0 Å². The van der Waals surface area contributed by atoms with Crippen LogP contribution < -0.4 is 10.6 Å². The highest BCUT2D eigenvalue weighted by Crippen LogP contribution is 2.10. The quantitative estimate of drug-likeness (QED) is 0.712. The Hall–Kier alpha value is -2.09. The zero-order chi connectivity index (χ0) is 15.2. The number of aliphatic carboxylic acids is 1. The van der Waals surface area contributed by atoms with Crippen molar-refractivity contribution in [2.45, 2.75) is 32.4 Å². The van der Waals surface area contributed by atoms with Crippen molar-refractivity contribution < 1.29 is 14.7 Å². The van der Waals surface area contributed by atoms with Gasteiger partial charge in [-0.15, -0.1) is 0 Å². The molecule has 2 heterocycles. The number of nitrogens with one attached hydrogen (secondary N) is 2.